The van der Waals surface area contributed by atoms with Crippen LogP contribution in [0.4, 0.5) is 0 Å². The molecule has 0 N–H and O–H groups in total. The minimum absolute atomic E-state index is 0.252. The van der Waals surface area contributed by atoms with Crippen LogP contribution in [-0.2, 0) is 16.1 Å². The molecule has 3 aromatic rings. The Morgan fingerprint density at radius 1 is 1.00 bits per heavy atom. The highest BCUT2D eigenvalue weighted by atomic mass is 79.9. The van der Waals surface area contributed by atoms with E-state index in [1.54, 1.807) is 6.08 Å². The maximum Gasteiger partial charge on any atom is 0.363 e. The van der Waals surface area contributed by atoms with Crippen LogP contribution in [0.2, 0.25) is 0 Å². The molecule has 5 heteroatoms. The molecule has 0 unspecified atom stereocenters. The van der Waals surface area contributed by atoms with Crippen LogP contribution in [0.25, 0.3) is 6.08 Å². The zero-order valence-electron chi connectivity index (χ0n) is 17.3. The Kier molecular flexibility index (Phi) is 6.33. The zero-order valence-corrected chi connectivity index (χ0v) is 18.9. The van der Waals surface area contributed by atoms with Gasteiger partial charge in [-0.2, -0.15) is 0 Å². The highest BCUT2D eigenvalue weighted by molar-refractivity contribution is 9.10. The van der Waals surface area contributed by atoms with E-state index in [4.69, 9.17) is 9.47 Å². The molecule has 0 saturated carbocycles. The first-order valence-corrected chi connectivity index (χ1v) is 10.9. The van der Waals surface area contributed by atoms with Gasteiger partial charge in [0.1, 0.15) is 12.4 Å². The second kappa shape index (κ2) is 9.31. The van der Waals surface area contributed by atoms with E-state index >= 15 is 0 Å². The predicted octanol–water partition coefficient (Wildman–Crippen LogP) is 6.50. The molecule has 4 rings (SSSR count). The summed E-state index contributed by atoms with van der Waals surface area (Å²) >= 11 is 3.43. The van der Waals surface area contributed by atoms with Crippen molar-refractivity contribution in [1.82, 2.24) is 0 Å². The number of nitrogens with zero attached hydrogens (tertiary/aromatic N) is 1. The number of aliphatic imine (C=N–C) groups is 1. The molecule has 1 aliphatic rings. The third kappa shape index (κ3) is 5.12. The lowest BCUT2D eigenvalue weighted by atomic mass is 10.0. The van der Waals surface area contributed by atoms with Gasteiger partial charge < -0.3 is 9.47 Å². The van der Waals surface area contributed by atoms with Crippen molar-refractivity contribution in [3.05, 3.63) is 105 Å². The van der Waals surface area contributed by atoms with Gasteiger partial charge in [-0.1, -0.05) is 72.2 Å². The van der Waals surface area contributed by atoms with E-state index in [1.165, 1.54) is 5.56 Å². The first kappa shape index (κ1) is 21.1. The maximum absolute atomic E-state index is 12.4. The topological polar surface area (TPSA) is 47.9 Å². The van der Waals surface area contributed by atoms with Gasteiger partial charge in [0.2, 0.25) is 5.90 Å². The van der Waals surface area contributed by atoms with Crippen molar-refractivity contribution in [3.8, 4) is 5.75 Å². The summed E-state index contributed by atoms with van der Waals surface area (Å²) in [5.41, 5.74) is 4.08. The van der Waals surface area contributed by atoms with Gasteiger partial charge in [0.15, 0.2) is 5.70 Å². The van der Waals surface area contributed by atoms with Crippen LogP contribution >= 0.6 is 15.9 Å². The molecule has 3 aromatic carbocycles. The fraction of sp³-hybridized carbons (Fsp3) is 0.154. The molecule has 0 spiro atoms. The second-order valence-electron chi connectivity index (χ2n) is 7.57. The number of hydrogen-bond donors (Lipinski definition) is 0. The van der Waals surface area contributed by atoms with Crippen molar-refractivity contribution in [2.75, 3.05) is 0 Å². The van der Waals surface area contributed by atoms with E-state index in [9.17, 15) is 4.79 Å². The summed E-state index contributed by atoms with van der Waals surface area (Å²) in [6, 6.07) is 23.4. The maximum atomic E-state index is 12.4. The van der Waals surface area contributed by atoms with Gasteiger partial charge in [0.05, 0.1) is 0 Å². The normalized spacial score (nSPS) is 14.6. The smallest absolute Gasteiger partial charge is 0.363 e. The van der Waals surface area contributed by atoms with Crippen molar-refractivity contribution in [2.24, 2.45) is 4.99 Å². The molecule has 1 heterocycles. The van der Waals surface area contributed by atoms with Crippen LogP contribution in [-0.4, -0.2) is 11.9 Å². The highest BCUT2D eigenvalue weighted by Gasteiger charge is 2.24. The average molecular weight is 476 g/mol. The number of para-hydroxylation sites is 1. The van der Waals surface area contributed by atoms with E-state index in [-0.39, 0.29) is 5.70 Å². The summed E-state index contributed by atoms with van der Waals surface area (Å²) in [6.07, 6.45) is 1.70. The Bertz CT molecular complexity index is 1150. The molecule has 4 nitrogen and oxygen atoms in total. The molecule has 156 valence electrons. The van der Waals surface area contributed by atoms with Gasteiger partial charge >= 0.3 is 5.97 Å². The quantitative estimate of drug-likeness (QED) is 0.302. The van der Waals surface area contributed by atoms with Crippen LogP contribution in [0.1, 0.15) is 42.0 Å². The van der Waals surface area contributed by atoms with Crippen molar-refractivity contribution in [2.45, 2.75) is 26.4 Å². The number of rotatable bonds is 6. The molecule has 31 heavy (non-hydrogen) atoms. The molecular weight excluding hydrogens is 454 g/mol. The van der Waals surface area contributed by atoms with E-state index in [1.807, 2.05) is 72.8 Å². The van der Waals surface area contributed by atoms with Crippen LogP contribution < -0.4 is 4.74 Å². The number of hydrogen-bond acceptors (Lipinski definition) is 4. The van der Waals surface area contributed by atoms with Gasteiger partial charge in [-0.15, -0.1) is 0 Å². The van der Waals surface area contributed by atoms with Gasteiger partial charge in [-0.25, -0.2) is 9.79 Å². The number of halogens is 1. The lowest BCUT2D eigenvalue weighted by molar-refractivity contribution is -0.129. The minimum Gasteiger partial charge on any atom is -0.488 e. The monoisotopic (exact) mass is 475 g/mol. The molecule has 0 aromatic heterocycles. The summed E-state index contributed by atoms with van der Waals surface area (Å²) < 4.78 is 12.4. The number of carbonyl (C=O) groups excluding carboxylic acids is 1. The number of benzene rings is 3. The first-order valence-electron chi connectivity index (χ1n) is 10.1. The van der Waals surface area contributed by atoms with E-state index in [2.05, 4.69) is 34.8 Å². The van der Waals surface area contributed by atoms with Crippen molar-refractivity contribution in [1.29, 1.82) is 0 Å². The molecule has 1 aliphatic heterocycles. The van der Waals surface area contributed by atoms with Gasteiger partial charge in [0, 0.05) is 15.6 Å². The molecule has 0 radical (unpaired) electrons. The average Bonchev–Trinajstić information content (AvgIpc) is 3.14. The summed E-state index contributed by atoms with van der Waals surface area (Å²) in [6.45, 7) is 4.70. The van der Waals surface area contributed by atoms with Crippen molar-refractivity contribution >= 4 is 33.9 Å². The lowest BCUT2D eigenvalue weighted by Gasteiger charge is -2.09. The van der Waals surface area contributed by atoms with Gasteiger partial charge in [0.25, 0.3) is 0 Å². The van der Waals surface area contributed by atoms with Crippen LogP contribution in [0.5, 0.6) is 5.75 Å². The number of esters is 1. The fourth-order valence-corrected chi connectivity index (χ4v) is 3.43. The molecule has 0 atom stereocenters. The second-order valence-corrected chi connectivity index (χ2v) is 8.48. The van der Waals surface area contributed by atoms with Crippen LogP contribution in [0.3, 0.4) is 0 Å². The van der Waals surface area contributed by atoms with Crippen LogP contribution in [0.15, 0.2) is 88.0 Å². The SMILES string of the molecule is CC(C)c1ccc(C2=N/C(=C\c3ccccc3OCc3ccc(Br)cc3)C(=O)O2)cc1. The molecule has 0 amide bonds. The largest absolute Gasteiger partial charge is 0.488 e. The van der Waals surface area contributed by atoms with E-state index in [0.29, 0.717) is 24.2 Å². The third-order valence-corrected chi connectivity index (χ3v) is 5.49. The third-order valence-electron chi connectivity index (χ3n) is 4.96. The molecule has 0 saturated heterocycles. The molecular formula is C26H22BrNO3. The highest BCUT2D eigenvalue weighted by Crippen LogP contribution is 2.26. The molecule has 0 aliphatic carbocycles. The summed E-state index contributed by atoms with van der Waals surface area (Å²) in [5.74, 6) is 0.965. The Labute approximate surface area is 190 Å². The summed E-state index contributed by atoms with van der Waals surface area (Å²) in [5, 5.41) is 0. The number of cyclic esters (lactones) is 1. The van der Waals surface area contributed by atoms with Crippen LogP contribution in [0, 0.1) is 0 Å². The van der Waals surface area contributed by atoms with Gasteiger partial charge in [-0.05, 0) is 53.5 Å². The Balaban J connectivity index is 1.55. The standard InChI is InChI=1S/C26H22BrNO3/c1-17(2)19-9-11-20(12-10-19)25-28-23(26(29)31-25)15-21-5-3-4-6-24(21)30-16-18-7-13-22(27)14-8-18/h3-15,17H,16H2,1-2H3/b23-15-. The fourth-order valence-electron chi connectivity index (χ4n) is 3.16. The summed E-state index contributed by atoms with van der Waals surface area (Å²) in [4.78, 5) is 16.8. The predicted molar refractivity (Wildman–Crippen MR) is 126 cm³/mol. The number of ether oxygens (including phenoxy) is 2. The summed E-state index contributed by atoms with van der Waals surface area (Å²) in [7, 11) is 0. The Morgan fingerprint density at radius 3 is 2.42 bits per heavy atom. The Morgan fingerprint density at radius 2 is 1.71 bits per heavy atom. The van der Waals surface area contributed by atoms with Crippen molar-refractivity contribution < 1.29 is 14.3 Å². The van der Waals surface area contributed by atoms with E-state index < -0.39 is 5.97 Å². The molecule has 0 bridgehead atoms. The lowest BCUT2D eigenvalue weighted by Crippen LogP contribution is -2.05. The zero-order chi connectivity index (χ0) is 21.8. The number of carbonyl (C=O) groups is 1. The first-order chi connectivity index (χ1) is 15.0. The Hall–Kier alpha value is -3.18. The molecule has 0 fully saturated rings. The van der Waals surface area contributed by atoms with E-state index in [0.717, 1.165) is 21.2 Å². The van der Waals surface area contributed by atoms with Gasteiger partial charge in [-0.3, -0.25) is 0 Å². The minimum atomic E-state index is -0.467. The van der Waals surface area contributed by atoms with Crippen molar-refractivity contribution in [3.63, 3.8) is 0 Å².